The molecule has 1 atom stereocenters. The van der Waals surface area contributed by atoms with Crippen molar-refractivity contribution in [2.75, 3.05) is 0 Å². The highest BCUT2D eigenvalue weighted by atomic mass is 19.1. The topological polar surface area (TPSA) is 128 Å². The van der Waals surface area contributed by atoms with Crippen LogP contribution < -0.4 is 10.1 Å². The summed E-state index contributed by atoms with van der Waals surface area (Å²) in [6.07, 6.45) is 1.46. The summed E-state index contributed by atoms with van der Waals surface area (Å²) in [5.74, 6) is -0.125. The third-order valence-corrected chi connectivity index (χ3v) is 4.90. The second kappa shape index (κ2) is 9.71. The molecular formula is C23H22FN7O3. The number of amides is 1. The SMILES string of the molecule is Cc1ccc(-c2cc(OC(=O)NCc3cnc(C)cn3)cc(-n3nnnc3C(C)O)c2)c(F)c1. The van der Waals surface area contributed by atoms with Crippen LogP contribution in [0.2, 0.25) is 0 Å². The molecule has 0 bridgehead atoms. The van der Waals surface area contributed by atoms with E-state index in [9.17, 15) is 14.3 Å². The maximum Gasteiger partial charge on any atom is 0.412 e. The number of aliphatic hydroxyl groups excluding tert-OH is 1. The fraction of sp³-hybridized carbons (Fsp3) is 0.217. The lowest BCUT2D eigenvalue weighted by Gasteiger charge is -2.13. The third-order valence-electron chi connectivity index (χ3n) is 4.90. The molecule has 11 heteroatoms. The summed E-state index contributed by atoms with van der Waals surface area (Å²) in [5.41, 5.74) is 3.22. The molecule has 0 aliphatic carbocycles. The van der Waals surface area contributed by atoms with Gasteiger partial charge in [0.05, 0.1) is 29.8 Å². The molecule has 10 nitrogen and oxygen atoms in total. The Hall–Kier alpha value is -4.25. The Kier molecular flexibility index (Phi) is 6.55. The molecule has 1 unspecified atom stereocenters. The molecule has 0 aliphatic rings. The zero-order valence-electron chi connectivity index (χ0n) is 18.7. The van der Waals surface area contributed by atoms with Gasteiger partial charge in [-0.2, -0.15) is 4.68 Å². The molecule has 0 fully saturated rings. The van der Waals surface area contributed by atoms with Crippen LogP contribution in [0.5, 0.6) is 5.75 Å². The van der Waals surface area contributed by atoms with Crippen LogP contribution in [0.1, 0.15) is 35.8 Å². The number of aliphatic hydroxyl groups is 1. The first-order valence-corrected chi connectivity index (χ1v) is 10.4. The van der Waals surface area contributed by atoms with E-state index in [0.29, 0.717) is 22.5 Å². The first-order valence-electron chi connectivity index (χ1n) is 10.4. The van der Waals surface area contributed by atoms with E-state index in [-0.39, 0.29) is 18.1 Å². The van der Waals surface area contributed by atoms with Crippen LogP contribution in [0.3, 0.4) is 0 Å². The van der Waals surface area contributed by atoms with E-state index >= 15 is 0 Å². The Balaban J connectivity index is 1.66. The Morgan fingerprint density at radius 2 is 2.00 bits per heavy atom. The number of nitrogens with zero attached hydrogens (tertiary/aromatic N) is 6. The number of hydrogen-bond acceptors (Lipinski definition) is 8. The molecule has 2 heterocycles. The molecule has 34 heavy (non-hydrogen) atoms. The van der Waals surface area contributed by atoms with Gasteiger partial charge < -0.3 is 15.2 Å². The molecule has 4 aromatic rings. The number of halogens is 1. The molecule has 1 amide bonds. The molecule has 4 rings (SSSR count). The van der Waals surface area contributed by atoms with Crippen molar-refractivity contribution in [2.45, 2.75) is 33.4 Å². The standard InChI is InChI=1S/C23H22FN7O3/c1-13-4-5-20(21(24)6-13)16-7-18(31-22(15(3)32)28-29-30-31)9-19(8-16)34-23(33)27-12-17-11-25-14(2)10-26-17/h4-11,15,32H,12H2,1-3H3,(H,27,33). The summed E-state index contributed by atoms with van der Waals surface area (Å²) < 4.78 is 21.5. The van der Waals surface area contributed by atoms with Gasteiger partial charge in [0.15, 0.2) is 5.82 Å². The lowest BCUT2D eigenvalue weighted by atomic mass is 10.0. The predicted octanol–water partition coefficient (Wildman–Crippen LogP) is 3.22. The van der Waals surface area contributed by atoms with Crippen LogP contribution in [0.4, 0.5) is 9.18 Å². The van der Waals surface area contributed by atoms with Crippen molar-refractivity contribution in [3.05, 3.63) is 77.4 Å². The molecule has 0 saturated heterocycles. The summed E-state index contributed by atoms with van der Waals surface area (Å²) in [6, 6.07) is 9.52. The van der Waals surface area contributed by atoms with E-state index in [1.54, 1.807) is 37.5 Å². The molecule has 2 aromatic heterocycles. The van der Waals surface area contributed by atoms with E-state index in [4.69, 9.17) is 4.74 Å². The van der Waals surface area contributed by atoms with Crippen molar-refractivity contribution in [1.29, 1.82) is 0 Å². The van der Waals surface area contributed by atoms with Gasteiger partial charge in [-0.25, -0.2) is 9.18 Å². The number of benzene rings is 2. The van der Waals surface area contributed by atoms with Crippen LogP contribution in [-0.2, 0) is 6.54 Å². The second-order valence-corrected chi connectivity index (χ2v) is 7.72. The van der Waals surface area contributed by atoms with Gasteiger partial charge in [0.25, 0.3) is 0 Å². The first-order chi connectivity index (χ1) is 16.3. The zero-order chi connectivity index (χ0) is 24.2. The van der Waals surface area contributed by atoms with Gasteiger partial charge in [-0.15, -0.1) is 5.10 Å². The number of carbonyl (C=O) groups is 1. The second-order valence-electron chi connectivity index (χ2n) is 7.72. The van der Waals surface area contributed by atoms with Crippen molar-refractivity contribution in [1.82, 2.24) is 35.5 Å². The zero-order valence-corrected chi connectivity index (χ0v) is 18.7. The van der Waals surface area contributed by atoms with E-state index in [0.717, 1.165) is 11.3 Å². The first kappa shape index (κ1) is 22.9. The van der Waals surface area contributed by atoms with Crippen molar-refractivity contribution in [3.8, 4) is 22.6 Å². The molecule has 0 aliphatic heterocycles. The van der Waals surface area contributed by atoms with Crippen molar-refractivity contribution < 1.29 is 19.0 Å². The third kappa shape index (κ3) is 5.21. The monoisotopic (exact) mass is 463 g/mol. The minimum Gasteiger partial charge on any atom is -0.410 e. The highest BCUT2D eigenvalue weighted by molar-refractivity contribution is 5.74. The lowest BCUT2D eigenvalue weighted by molar-refractivity contribution is 0.185. The Bertz CT molecular complexity index is 1320. The summed E-state index contributed by atoms with van der Waals surface area (Å²) in [6.45, 7) is 5.24. The van der Waals surface area contributed by atoms with Gasteiger partial charge in [-0.05, 0) is 60.5 Å². The Morgan fingerprint density at radius 1 is 1.18 bits per heavy atom. The lowest BCUT2D eigenvalue weighted by Crippen LogP contribution is -2.26. The van der Waals surface area contributed by atoms with Crippen molar-refractivity contribution in [2.24, 2.45) is 0 Å². The molecule has 174 valence electrons. The number of aromatic nitrogens is 6. The highest BCUT2D eigenvalue weighted by Gasteiger charge is 2.17. The molecule has 0 saturated carbocycles. The van der Waals surface area contributed by atoms with Gasteiger partial charge in [0, 0.05) is 17.8 Å². The smallest absolute Gasteiger partial charge is 0.410 e. The average molecular weight is 463 g/mol. The minimum absolute atomic E-state index is 0.115. The van der Waals surface area contributed by atoms with E-state index in [1.165, 1.54) is 29.8 Å². The summed E-state index contributed by atoms with van der Waals surface area (Å²) in [5, 5.41) is 23.9. The van der Waals surface area contributed by atoms with E-state index in [1.807, 2.05) is 6.92 Å². The number of ether oxygens (including phenoxy) is 1. The normalized spacial score (nSPS) is 11.8. The van der Waals surface area contributed by atoms with Crippen molar-refractivity contribution >= 4 is 6.09 Å². The van der Waals surface area contributed by atoms with Gasteiger partial charge in [-0.1, -0.05) is 12.1 Å². The number of carbonyl (C=O) groups excluding carboxylic acids is 1. The minimum atomic E-state index is -0.960. The fourth-order valence-electron chi connectivity index (χ4n) is 3.23. The maximum atomic E-state index is 14.7. The Morgan fingerprint density at radius 3 is 2.71 bits per heavy atom. The van der Waals surface area contributed by atoms with E-state index < -0.39 is 18.0 Å². The Labute approximate surface area is 194 Å². The van der Waals surface area contributed by atoms with Crippen LogP contribution in [0, 0.1) is 19.7 Å². The molecule has 0 radical (unpaired) electrons. The van der Waals surface area contributed by atoms with Crippen LogP contribution >= 0.6 is 0 Å². The predicted molar refractivity (Wildman–Crippen MR) is 120 cm³/mol. The van der Waals surface area contributed by atoms with Crippen LogP contribution in [0.15, 0.2) is 48.8 Å². The van der Waals surface area contributed by atoms with Gasteiger partial charge >= 0.3 is 6.09 Å². The van der Waals surface area contributed by atoms with Crippen LogP contribution in [0.25, 0.3) is 16.8 Å². The van der Waals surface area contributed by atoms with Crippen molar-refractivity contribution in [3.63, 3.8) is 0 Å². The average Bonchev–Trinajstić information content (AvgIpc) is 3.29. The van der Waals surface area contributed by atoms with Gasteiger partial charge in [0.1, 0.15) is 17.7 Å². The molecule has 0 spiro atoms. The number of hydrogen-bond donors (Lipinski definition) is 2. The molecule has 2 N–H and O–H groups in total. The fourth-order valence-corrected chi connectivity index (χ4v) is 3.23. The van der Waals surface area contributed by atoms with Gasteiger partial charge in [0.2, 0.25) is 0 Å². The summed E-state index contributed by atoms with van der Waals surface area (Å²) in [4.78, 5) is 20.8. The van der Waals surface area contributed by atoms with Crippen LogP contribution in [-0.4, -0.2) is 41.4 Å². The number of nitrogens with one attached hydrogen (secondary N) is 1. The van der Waals surface area contributed by atoms with Gasteiger partial charge in [-0.3, -0.25) is 9.97 Å². The summed E-state index contributed by atoms with van der Waals surface area (Å²) in [7, 11) is 0. The number of rotatable bonds is 6. The molecular weight excluding hydrogens is 441 g/mol. The largest absolute Gasteiger partial charge is 0.412 e. The number of aryl methyl sites for hydroxylation is 2. The summed E-state index contributed by atoms with van der Waals surface area (Å²) >= 11 is 0. The molecule has 2 aromatic carbocycles. The van der Waals surface area contributed by atoms with E-state index in [2.05, 4.69) is 30.8 Å². The highest BCUT2D eigenvalue weighted by Crippen LogP contribution is 2.31. The number of tetrazole rings is 1. The maximum absolute atomic E-state index is 14.7. The quantitative estimate of drug-likeness (QED) is 0.446.